The van der Waals surface area contributed by atoms with E-state index in [9.17, 15) is 4.39 Å². The number of nitrogens with one attached hydrogen (secondary N) is 1. The number of rotatable bonds is 4. The first-order valence-electron chi connectivity index (χ1n) is 4.77. The van der Waals surface area contributed by atoms with Crippen LogP contribution in [0.3, 0.4) is 0 Å². The van der Waals surface area contributed by atoms with Crippen LogP contribution >= 0.6 is 0 Å². The van der Waals surface area contributed by atoms with E-state index in [0.29, 0.717) is 6.04 Å². The summed E-state index contributed by atoms with van der Waals surface area (Å²) in [6, 6.07) is 5.17. The first-order chi connectivity index (χ1) is 6.67. The molecule has 0 aliphatic rings. The first-order valence-corrected chi connectivity index (χ1v) is 4.77. The molecule has 3 heteroatoms. The maximum Gasteiger partial charge on any atom is 0.165 e. The summed E-state index contributed by atoms with van der Waals surface area (Å²) in [6.45, 7) is 4.17. The van der Waals surface area contributed by atoms with Gasteiger partial charge in [-0.3, -0.25) is 0 Å². The number of ether oxygens (including phenoxy) is 1. The second-order valence-electron chi connectivity index (χ2n) is 3.30. The minimum absolute atomic E-state index is 0.276. The Bertz CT molecular complexity index is 301. The van der Waals surface area contributed by atoms with Gasteiger partial charge in [-0.25, -0.2) is 4.39 Å². The van der Waals surface area contributed by atoms with Gasteiger partial charge in [-0.15, -0.1) is 0 Å². The molecule has 1 rings (SSSR count). The van der Waals surface area contributed by atoms with Crippen LogP contribution in [0.1, 0.15) is 20.3 Å². The zero-order valence-electron chi connectivity index (χ0n) is 8.80. The summed E-state index contributed by atoms with van der Waals surface area (Å²) in [6.07, 6.45) is 1.03. The molecule has 1 unspecified atom stereocenters. The normalized spacial score (nSPS) is 12.3. The van der Waals surface area contributed by atoms with Gasteiger partial charge in [-0.2, -0.15) is 0 Å². The zero-order valence-corrected chi connectivity index (χ0v) is 8.80. The molecular weight excluding hydrogens is 181 g/mol. The number of halogens is 1. The van der Waals surface area contributed by atoms with Gasteiger partial charge < -0.3 is 10.1 Å². The average molecular weight is 197 g/mol. The zero-order chi connectivity index (χ0) is 10.6. The molecule has 0 aliphatic heterocycles. The molecule has 0 saturated heterocycles. The number of anilines is 1. The molecule has 0 aromatic heterocycles. The third kappa shape index (κ3) is 2.62. The lowest BCUT2D eigenvalue weighted by molar-refractivity contribution is 0.386. The molecule has 0 radical (unpaired) electrons. The molecule has 0 amide bonds. The maximum atomic E-state index is 13.0. The summed E-state index contributed by atoms with van der Waals surface area (Å²) in [5, 5.41) is 3.25. The summed E-state index contributed by atoms with van der Waals surface area (Å²) in [5.41, 5.74) is 0.887. The van der Waals surface area contributed by atoms with Crippen LogP contribution in [0, 0.1) is 5.82 Å². The highest BCUT2D eigenvalue weighted by molar-refractivity contribution is 5.49. The predicted octanol–water partition coefficient (Wildman–Crippen LogP) is 3.04. The van der Waals surface area contributed by atoms with Crippen LogP contribution in [0.25, 0.3) is 0 Å². The van der Waals surface area contributed by atoms with Gasteiger partial charge >= 0.3 is 0 Å². The molecular formula is C11H16FNO. The predicted molar refractivity (Wildman–Crippen MR) is 56.3 cm³/mol. The molecule has 78 valence electrons. The third-order valence-corrected chi connectivity index (χ3v) is 2.18. The Labute approximate surface area is 84.1 Å². The van der Waals surface area contributed by atoms with Gasteiger partial charge in [-0.1, -0.05) is 6.92 Å². The fourth-order valence-corrected chi connectivity index (χ4v) is 1.14. The Kier molecular flexibility index (Phi) is 3.74. The third-order valence-electron chi connectivity index (χ3n) is 2.18. The van der Waals surface area contributed by atoms with E-state index in [1.54, 1.807) is 12.1 Å². The van der Waals surface area contributed by atoms with Crippen LogP contribution in [-0.4, -0.2) is 13.2 Å². The van der Waals surface area contributed by atoms with Gasteiger partial charge in [-0.05, 0) is 25.5 Å². The Morgan fingerprint density at radius 3 is 2.79 bits per heavy atom. The SMILES string of the molecule is CCC(C)Nc1ccc(F)c(OC)c1. The van der Waals surface area contributed by atoms with E-state index >= 15 is 0 Å². The highest BCUT2D eigenvalue weighted by Gasteiger charge is 2.04. The molecule has 1 atom stereocenters. The minimum atomic E-state index is -0.331. The van der Waals surface area contributed by atoms with Crippen molar-refractivity contribution in [1.29, 1.82) is 0 Å². The molecule has 0 bridgehead atoms. The second kappa shape index (κ2) is 4.84. The lowest BCUT2D eigenvalue weighted by Gasteiger charge is -2.13. The van der Waals surface area contributed by atoms with Crippen LogP contribution in [0.2, 0.25) is 0 Å². The van der Waals surface area contributed by atoms with Crippen molar-refractivity contribution in [3.63, 3.8) is 0 Å². The van der Waals surface area contributed by atoms with Gasteiger partial charge in [0, 0.05) is 17.8 Å². The van der Waals surface area contributed by atoms with Crippen molar-refractivity contribution < 1.29 is 9.13 Å². The maximum absolute atomic E-state index is 13.0. The highest BCUT2D eigenvalue weighted by atomic mass is 19.1. The summed E-state index contributed by atoms with van der Waals surface area (Å²) in [7, 11) is 1.46. The molecule has 2 nitrogen and oxygen atoms in total. The molecule has 1 aromatic carbocycles. The minimum Gasteiger partial charge on any atom is -0.494 e. The smallest absolute Gasteiger partial charge is 0.165 e. The quantitative estimate of drug-likeness (QED) is 0.801. The van der Waals surface area contributed by atoms with Gasteiger partial charge in [0.25, 0.3) is 0 Å². The first kappa shape index (κ1) is 10.8. The summed E-state index contributed by atoms with van der Waals surface area (Å²) in [5.74, 6) is -0.0551. The van der Waals surface area contributed by atoms with Crippen molar-refractivity contribution in [2.24, 2.45) is 0 Å². The molecule has 0 fully saturated rings. The molecule has 1 aromatic rings. The van der Waals surface area contributed by atoms with E-state index in [2.05, 4.69) is 19.2 Å². The Balaban J connectivity index is 2.79. The van der Waals surface area contributed by atoms with Crippen molar-refractivity contribution in [2.75, 3.05) is 12.4 Å². The van der Waals surface area contributed by atoms with E-state index in [1.807, 2.05) is 0 Å². The topological polar surface area (TPSA) is 21.3 Å². The van der Waals surface area contributed by atoms with Crippen LogP contribution in [-0.2, 0) is 0 Å². The van der Waals surface area contributed by atoms with Crippen LogP contribution < -0.4 is 10.1 Å². The van der Waals surface area contributed by atoms with Crippen LogP contribution in [0.5, 0.6) is 5.75 Å². The van der Waals surface area contributed by atoms with Crippen LogP contribution in [0.4, 0.5) is 10.1 Å². The standard InChI is InChI=1S/C11H16FNO/c1-4-8(2)13-9-5-6-10(12)11(7-9)14-3/h5-8,13H,4H2,1-3H3. The summed E-state index contributed by atoms with van der Waals surface area (Å²) in [4.78, 5) is 0. The molecule has 0 heterocycles. The van der Waals surface area contributed by atoms with Crippen molar-refractivity contribution in [3.8, 4) is 5.75 Å². The monoisotopic (exact) mass is 197 g/mol. The van der Waals surface area contributed by atoms with Crippen molar-refractivity contribution in [2.45, 2.75) is 26.3 Å². The Morgan fingerprint density at radius 2 is 2.21 bits per heavy atom. The fourth-order valence-electron chi connectivity index (χ4n) is 1.14. The van der Waals surface area contributed by atoms with E-state index in [0.717, 1.165) is 12.1 Å². The Morgan fingerprint density at radius 1 is 1.50 bits per heavy atom. The van der Waals surface area contributed by atoms with Crippen LogP contribution in [0.15, 0.2) is 18.2 Å². The highest BCUT2D eigenvalue weighted by Crippen LogP contribution is 2.22. The fraction of sp³-hybridized carbons (Fsp3) is 0.455. The molecule has 14 heavy (non-hydrogen) atoms. The van der Waals surface area contributed by atoms with Crippen molar-refractivity contribution >= 4 is 5.69 Å². The summed E-state index contributed by atoms with van der Waals surface area (Å²) < 4.78 is 17.9. The van der Waals surface area contributed by atoms with Gasteiger partial charge in [0.2, 0.25) is 0 Å². The van der Waals surface area contributed by atoms with Gasteiger partial charge in [0.15, 0.2) is 11.6 Å². The second-order valence-corrected chi connectivity index (χ2v) is 3.30. The van der Waals surface area contributed by atoms with E-state index < -0.39 is 0 Å². The van der Waals surface area contributed by atoms with Crippen molar-refractivity contribution in [1.82, 2.24) is 0 Å². The largest absolute Gasteiger partial charge is 0.494 e. The molecule has 0 aliphatic carbocycles. The van der Waals surface area contributed by atoms with Crippen molar-refractivity contribution in [3.05, 3.63) is 24.0 Å². The Hall–Kier alpha value is -1.25. The molecule has 1 N–H and O–H groups in total. The molecule has 0 saturated carbocycles. The number of hydrogen-bond acceptors (Lipinski definition) is 2. The number of hydrogen-bond donors (Lipinski definition) is 1. The summed E-state index contributed by atoms with van der Waals surface area (Å²) >= 11 is 0. The number of methoxy groups -OCH3 is 1. The lowest BCUT2D eigenvalue weighted by atomic mass is 10.2. The number of benzene rings is 1. The van der Waals surface area contributed by atoms with Gasteiger partial charge in [0.1, 0.15) is 0 Å². The molecule has 0 spiro atoms. The lowest BCUT2D eigenvalue weighted by Crippen LogP contribution is -2.13. The van der Waals surface area contributed by atoms with E-state index in [1.165, 1.54) is 13.2 Å². The van der Waals surface area contributed by atoms with E-state index in [-0.39, 0.29) is 11.6 Å². The van der Waals surface area contributed by atoms with E-state index in [4.69, 9.17) is 4.74 Å². The van der Waals surface area contributed by atoms with Gasteiger partial charge in [0.05, 0.1) is 7.11 Å². The average Bonchev–Trinajstić information content (AvgIpc) is 2.20.